The van der Waals surface area contributed by atoms with Gasteiger partial charge in [-0.05, 0) is 42.3 Å². The SMILES string of the molecule is CNC(=O)/C(Cc1cc(OC(=O)N(C)c2ccccc2)ccc1C)=N/OC. The molecule has 2 amide bonds. The van der Waals surface area contributed by atoms with Gasteiger partial charge in [-0.15, -0.1) is 0 Å². The van der Waals surface area contributed by atoms with E-state index in [1.807, 2.05) is 43.3 Å². The molecule has 142 valence electrons. The zero-order chi connectivity index (χ0) is 19.8. The third kappa shape index (κ3) is 5.31. The third-order valence-corrected chi connectivity index (χ3v) is 3.99. The van der Waals surface area contributed by atoms with Crippen LogP contribution in [0.15, 0.2) is 53.7 Å². The number of hydrogen-bond donors (Lipinski definition) is 1. The van der Waals surface area contributed by atoms with E-state index in [0.717, 1.165) is 16.8 Å². The van der Waals surface area contributed by atoms with Crippen molar-refractivity contribution in [3.8, 4) is 5.75 Å². The molecule has 0 atom stereocenters. The maximum absolute atomic E-state index is 12.4. The summed E-state index contributed by atoms with van der Waals surface area (Å²) >= 11 is 0. The van der Waals surface area contributed by atoms with Gasteiger partial charge >= 0.3 is 6.09 Å². The van der Waals surface area contributed by atoms with Crippen LogP contribution in [-0.2, 0) is 16.1 Å². The van der Waals surface area contributed by atoms with E-state index < -0.39 is 6.09 Å². The minimum atomic E-state index is -0.506. The molecule has 0 fully saturated rings. The molecule has 2 aromatic rings. The maximum atomic E-state index is 12.4. The smallest absolute Gasteiger partial charge is 0.410 e. The quantitative estimate of drug-likeness (QED) is 0.627. The van der Waals surface area contributed by atoms with Crippen molar-refractivity contribution in [1.29, 1.82) is 0 Å². The van der Waals surface area contributed by atoms with Gasteiger partial charge in [0.15, 0.2) is 0 Å². The summed E-state index contributed by atoms with van der Waals surface area (Å²) in [7, 11) is 4.55. The van der Waals surface area contributed by atoms with Crippen molar-refractivity contribution in [2.75, 3.05) is 26.1 Å². The van der Waals surface area contributed by atoms with Crippen LogP contribution in [-0.4, -0.2) is 38.9 Å². The number of nitrogens with one attached hydrogen (secondary N) is 1. The maximum Gasteiger partial charge on any atom is 0.419 e. The van der Waals surface area contributed by atoms with Gasteiger partial charge in [0.25, 0.3) is 5.91 Å². The monoisotopic (exact) mass is 369 g/mol. The second kappa shape index (κ2) is 9.38. The number of nitrogens with zero attached hydrogens (tertiary/aromatic N) is 2. The fraction of sp³-hybridized carbons (Fsp3) is 0.250. The molecule has 0 aliphatic carbocycles. The van der Waals surface area contributed by atoms with Crippen molar-refractivity contribution in [3.05, 3.63) is 59.7 Å². The van der Waals surface area contributed by atoms with E-state index in [0.29, 0.717) is 5.75 Å². The van der Waals surface area contributed by atoms with E-state index in [2.05, 4.69) is 10.5 Å². The Bertz CT molecular complexity index is 834. The number of carbonyl (C=O) groups excluding carboxylic acids is 2. The molecule has 2 aromatic carbocycles. The van der Waals surface area contributed by atoms with Crippen LogP contribution in [0.2, 0.25) is 0 Å². The van der Waals surface area contributed by atoms with Gasteiger partial charge in [-0.3, -0.25) is 9.69 Å². The molecule has 1 N–H and O–H groups in total. The highest BCUT2D eigenvalue weighted by molar-refractivity contribution is 6.39. The number of benzene rings is 2. The highest BCUT2D eigenvalue weighted by atomic mass is 16.6. The lowest BCUT2D eigenvalue weighted by atomic mass is 10.0. The van der Waals surface area contributed by atoms with Crippen LogP contribution < -0.4 is 15.0 Å². The summed E-state index contributed by atoms with van der Waals surface area (Å²) in [6.07, 6.45) is -0.257. The molecule has 0 aliphatic rings. The number of oxime groups is 1. The summed E-state index contributed by atoms with van der Waals surface area (Å²) in [4.78, 5) is 30.5. The zero-order valence-electron chi connectivity index (χ0n) is 15.9. The Labute approximate surface area is 158 Å². The number of para-hydroxylation sites is 1. The number of amides is 2. The first-order valence-corrected chi connectivity index (χ1v) is 8.38. The normalized spacial score (nSPS) is 10.9. The van der Waals surface area contributed by atoms with Crippen molar-refractivity contribution < 1.29 is 19.2 Å². The molecular formula is C20H23N3O4. The molecule has 0 heterocycles. The molecular weight excluding hydrogens is 346 g/mol. The lowest BCUT2D eigenvalue weighted by Gasteiger charge is -2.17. The number of rotatable bonds is 6. The van der Waals surface area contributed by atoms with E-state index in [9.17, 15) is 9.59 Å². The van der Waals surface area contributed by atoms with Gasteiger partial charge in [-0.2, -0.15) is 0 Å². The van der Waals surface area contributed by atoms with Crippen LogP contribution in [0.5, 0.6) is 5.75 Å². The van der Waals surface area contributed by atoms with Crippen LogP contribution in [0, 0.1) is 6.92 Å². The second-order valence-corrected chi connectivity index (χ2v) is 5.83. The first-order valence-electron chi connectivity index (χ1n) is 8.38. The van der Waals surface area contributed by atoms with Gasteiger partial charge < -0.3 is 14.9 Å². The van der Waals surface area contributed by atoms with Crippen molar-refractivity contribution in [1.82, 2.24) is 5.32 Å². The van der Waals surface area contributed by atoms with Crippen molar-refractivity contribution in [2.45, 2.75) is 13.3 Å². The molecule has 7 heteroatoms. The average molecular weight is 369 g/mol. The number of anilines is 1. The van der Waals surface area contributed by atoms with Gasteiger partial charge in [0, 0.05) is 26.2 Å². The van der Waals surface area contributed by atoms with E-state index in [1.54, 1.807) is 19.2 Å². The molecule has 0 saturated heterocycles. The average Bonchev–Trinajstić information content (AvgIpc) is 2.69. The first-order chi connectivity index (χ1) is 13.0. The van der Waals surface area contributed by atoms with E-state index >= 15 is 0 Å². The molecule has 0 spiro atoms. The standard InChI is InChI=1S/C20H23N3O4/c1-14-10-11-17(12-15(14)13-18(22-26-4)19(24)21-2)27-20(25)23(3)16-8-6-5-7-9-16/h5-12H,13H2,1-4H3,(H,21,24)/b22-18+. The molecule has 0 unspecified atom stereocenters. The molecule has 0 radical (unpaired) electrons. The van der Waals surface area contributed by atoms with Gasteiger partial charge in [0.05, 0.1) is 0 Å². The first kappa shape index (κ1) is 20.0. The van der Waals surface area contributed by atoms with Crippen LogP contribution in [0.4, 0.5) is 10.5 Å². The molecule has 0 aliphatic heterocycles. The number of aryl methyl sites for hydroxylation is 1. The van der Waals surface area contributed by atoms with Gasteiger partial charge in [-0.1, -0.05) is 29.4 Å². The second-order valence-electron chi connectivity index (χ2n) is 5.83. The van der Waals surface area contributed by atoms with Crippen molar-refractivity contribution in [2.24, 2.45) is 5.16 Å². The Balaban J connectivity index is 2.18. The fourth-order valence-electron chi connectivity index (χ4n) is 2.42. The Morgan fingerprint density at radius 2 is 1.85 bits per heavy atom. The van der Waals surface area contributed by atoms with Crippen molar-refractivity contribution in [3.63, 3.8) is 0 Å². The molecule has 7 nitrogen and oxygen atoms in total. The molecule has 2 rings (SSSR count). The Kier molecular flexibility index (Phi) is 6.93. The van der Waals surface area contributed by atoms with Crippen LogP contribution in [0.25, 0.3) is 0 Å². The minimum absolute atomic E-state index is 0.230. The molecule has 27 heavy (non-hydrogen) atoms. The number of ether oxygens (including phenoxy) is 1. The lowest BCUT2D eigenvalue weighted by Crippen LogP contribution is -2.30. The lowest BCUT2D eigenvalue weighted by molar-refractivity contribution is -0.114. The zero-order valence-corrected chi connectivity index (χ0v) is 15.9. The van der Waals surface area contributed by atoms with E-state index in [-0.39, 0.29) is 18.0 Å². The predicted octanol–water partition coefficient (Wildman–Crippen LogP) is 2.92. The predicted molar refractivity (Wildman–Crippen MR) is 104 cm³/mol. The fourth-order valence-corrected chi connectivity index (χ4v) is 2.42. The summed E-state index contributed by atoms with van der Waals surface area (Å²) in [6, 6.07) is 14.5. The van der Waals surface area contributed by atoms with Crippen LogP contribution in [0.3, 0.4) is 0 Å². The van der Waals surface area contributed by atoms with E-state index in [4.69, 9.17) is 9.57 Å². The Morgan fingerprint density at radius 3 is 2.48 bits per heavy atom. The highest BCUT2D eigenvalue weighted by Gasteiger charge is 2.16. The van der Waals surface area contributed by atoms with Gasteiger partial charge in [0.1, 0.15) is 18.6 Å². The largest absolute Gasteiger partial charge is 0.419 e. The number of hydrogen-bond acceptors (Lipinski definition) is 5. The number of carbonyl (C=O) groups is 2. The van der Waals surface area contributed by atoms with Crippen LogP contribution in [0.1, 0.15) is 11.1 Å². The molecule has 0 aromatic heterocycles. The summed E-state index contributed by atoms with van der Waals surface area (Å²) in [5.41, 5.74) is 2.71. The summed E-state index contributed by atoms with van der Waals surface area (Å²) in [5.74, 6) is 0.0551. The highest BCUT2D eigenvalue weighted by Crippen LogP contribution is 2.20. The van der Waals surface area contributed by atoms with Crippen molar-refractivity contribution >= 4 is 23.4 Å². The third-order valence-electron chi connectivity index (χ3n) is 3.99. The summed E-state index contributed by atoms with van der Waals surface area (Å²) < 4.78 is 5.47. The Hall–Kier alpha value is -3.35. The topological polar surface area (TPSA) is 80.2 Å². The molecule has 0 bridgehead atoms. The summed E-state index contributed by atoms with van der Waals surface area (Å²) in [6.45, 7) is 1.91. The molecule has 0 saturated carbocycles. The summed E-state index contributed by atoms with van der Waals surface area (Å²) in [5, 5.41) is 6.31. The minimum Gasteiger partial charge on any atom is -0.410 e. The Morgan fingerprint density at radius 1 is 1.15 bits per heavy atom. The van der Waals surface area contributed by atoms with Gasteiger partial charge in [-0.25, -0.2) is 4.79 Å². The van der Waals surface area contributed by atoms with Crippen LogP contribution >= 0.6 is 0 Å². The van der Waals surface area contributed by atoms with E-state index in [1.165, 1.54) is 19.1 Å². The van der Waals surface area contributed by atoms with Gasteiger partial charge in [0.2, 0.25) is 0 Å².